The number of ketones is 1. The van der Waals surface area contributed by atoms with E-state index in [0.717, 1.165) is 0 Å². The van der Waals surface area contributed by atoms with Crippen LogP contribution in [0.5, 0.6) is 0 Å². The molecule has 0 heterocycles. The molecular formula is C11H8Cl2O3. The SMILES string of the molecule is COC(=O)C1(Cl)Cc2c(Cl)cccc2C1=O. The number of methoxy groups -OCH3 is 1. The summed E-state index contributed by atoms with van der Waals surface area (Å²) in [5.74, 6) is -1.19. The zero-order valence-corrected chi connectivity index (χ0v) is 9.93. The monoisotopic (exact) mass is 258 g/mol. The average molecular weight is 259 g/mol. The highest BCUT2D eigenvalue weighted by Crippen LogP contribution is 2.39. The van der Waals surface area contributed by atoms with Crippen molar-refractivity contribution >= 4 is 35.0 Å². The molecule has 3 nitrogen and oxygen atoms in total. The van der Waals surface area contributed by atoms with Crippen molar-refractivity contribution in [2.75, 3.05) is 7.11 Å². The molecule has 0 spiro atoms. The molecule has 16 heavy (non-hydrogen) atoms. The van der Waals surface area contributed by atoms with E-state index in [4.69, 9.17) is 23.2 Å². The number of carbonyl (C=O) groups excluding carboxylic acids is 2. The van der Waals surface area contributed by atoms with E-state index in [1.54, 1.807) is 18.2 Å². The van der Waals surface area contributed by atoms with Gasteiger partial charge in [-0.25, -0.2) is 4.79 Å². The van der Waals surface area contributed by atoms with Gasteiger partial charge in [0.25, 0.3) is 0 Å². The number of benzene rings is 1. The van der Waals surface area contributed by atoms with Crippen molar-refractivity contribution in [1.82, 2.24) is 0 Å². The number of fused-ring (bicyclic) bond motifs is 1. The fourth-order valence-corrected chi connectivity index (χ4v) is 2.37. The number of hydrogen-bond acceptors (Lipinski definition) is 3. The molecule has 1 atom stereocenters. The van der Waals surface area contributed by atoms with Crippen LogP contribution in [0, 0.1) is 0 Å². The van der Waals surface area contributed by atoms with Gasteiger partial charge in [0.1, 0.15) is 0 Å². The standard InChI is InChI=1S/C11H8Cl2O3/c1-16-10(15)11(13)5-7-6(9(11)14)3-2-4-8(7)12/h2-4H,5H2,1H3. The van der Waals surface area contributed by atoms with E-state index in [0.29, 0.717) is 16.1 Å². The first-order chi connectivity index (χ1) is 7.50. The number of ether oxygens (including phenoxy) is 1. The summed E-state index contributed by atoms with van der Waals surface area (Å²) in [4.78, 5) is 21.8. The van der Waals surface area contributed by atoms with Crippen molar-refractivity contribution < 1.29 is 14.3 Å². The van der Waals surface area contributed by atoms with Crippen molar-refractivity contribution in [2.24, 2.45) is 0 Å². The van der Waals surface area contributed by atoms with E-state index in [-0.39, 0.29) is 6.42 Å². The van der Waals surface area contributed by atoms with E-state index in [2.05, 4.69) is 4.74 Å². The van der Waals surface area contributed by atoms with E-state index in [1.807, 2.05) is 0 Å². The summed E-state index contributed by atoms with van der Waals surface area (Å²) in [5, 5.41) is 0.442. The lowest BCUT2D eigenvalue weighted by atomic mass is 10.0. The summed E-state index contributed by atoms with van der Waals surface area (Å²) in [6, 6.07) is 4.92. The summed E-state index contributed by atoms with van der Waals surface area (Å²) in [7, 11) is 1.20. The predicted molar refractivity (Wildman–Crippen MR) is 60.1 cm³/mol. The molecule has 0 radical (unpaired) electrons. The molecule has 0 fully saturated rings. The normalized spacial score (nSPS) is 23.1. The summed E-state index contributed by atoms with van der Waals surface area (Å²) < 4.78 is 4.54. The van der Waals surface area contributed by atoms with Gasteiger partial charge in [-0.05, 0) is 11.6 Å². The topological polar surface area (TPSA) is 43.4 Å². The van der Waals surface area contributed by atoms with E-state index >= 15 is 0 Å². The van der Waals surface area contributed by atoms with Crippen LogP contribution in [-0.4, -0.2) is 23.7 Å². The fraction of sp³-hybridized carbons (Fsp3) is 0.273. The number of carbonyl (C=O) groups is 2. The molecule has 0 bridgehead atoms. The molecule has 0 amide bonds. The predicted octanol–water partition coefficient (Wildman–Crippen LogP) is 2.23. The Labute approximate surface area is 102 Å². The Morgan fingerprint density at radius 3 is 2.75 bits per heavy atom. The Morgan fingerprint density at radius 2 is 2.19 bits per heavy atom. The number of hydrogen-bond donors (Lipinski definition) is 0. The Bertz CT molecular complexity index is 484. The zero-order valence-electron chi connectivity index (χ0n) is 8.42. The minimum absolute atomic E-state index is 0.0784. The quantitative estimate of drug-likeness (QED) is 0.441. The molecule has 0 aliphatic heterocycles. The van der Waals surface area contributed by atoms with Gasteiger partial charge in [0.15, 0.2) is 5.78 Å². The average Bonchev–Trinajstić information content (AvgIpc) is 2.54. The molecular weight excluding hydrogens is 251 g/mol. The fourth-order valence-electron chi connectivity index (χ4n) is 1.82. The maximum absolute atomic E-state index is 12.0. The van der Waals surface area contributed by atoms with Crippen molar-refractivity contribution in [1.29, 1.82) is 0 Å². The third-order valence-electron chi connectivity index (χ3n) is 2.65. The molecule has 1 aliphatic rings. The summed E-state index contributed by atoms with van der Waals surface area (Å²) >= 11 is 12.0. The Balaban J connectivity index is 2.53. The smallest absolute Gasteiger partial charge is 0.335 e. The third kappa shape index (κ3) is 1.43. The van der Waals surface area contributed by atoms with Crippen molar-refractivity contribution in [3.8, 4) is 0 Å². The first kappa shape index (κ1) is 11.4. The minimum atomic E-state index is -1.65. The summed E-state index contributed by atoms with van der Waals surface area (Å²) in [6.45, 7) is 0. The molecule has 0 saturated heterocycles. The highest BCUT2D eigenvalue weighted by Gasteiger charge is 2.51. The van der Waals surface area contributed by atoms with Gasteiger partial charge in [-0.15, -0.1) is 0 Å². The lowest BCUT2D eigenvalue weighted by Gasteiger charge is -2.15. The van der Waals surface area contributed by atoms with Crippen molar-refractivity contribution in [3.05, 3.63) is 34.3 Å². The van der Waals surface area contributed by atoms with Crippen LogP contribution in [-0.2, 0) is 16.0 Å². The van der Waals surface area contributed by atoms with Gasteiger partial charge in [-0.1, -0.05) is 35.3 Å². The molecule has 1 unspecified atom stereocenters. The van der Waals surface area contributed by atoms with E-state index in [1.165, 1.54) is 7.11 Å². The summed E-state index contributed by atoms with van der Waals surface area (Å²) in [6.07, 6.45) is 0.0784. The highest BCUT2D eigenvalue weighted by molar-refractivity contribution is 6.50. The second kappa shape index (κ2) is 3.75. The van der Waals surface area contributed by atoms with Gasteiger partial charge in [0.2, 0.25) is 4.87 Å². The Hall–Kier alpha value is -1.06. The molecule has 1 aromatic carbocycles. The molecule has 1 aromatic rings. The van der Waals surface area contributed by atoms with Crippen LogP contribution in [0.25, 0.3) is 0 Å². The van der Waals surface area contributed by atoms with Crippen LogP contribution in [0.3, 0.4) is 0 Å². The van der Waals surface area contributed by atoms with Crippen LogP contribution in [0.15, 0.2) is 18.2 Å². The Morgan fingerprint density at radius 1 is 1.50 bits per heavy atom. The summed E-state index contributed by atoms with van der Waals surface area (Å²) in [5.41, 5.74) is 1.00. The van der Waals surface area contributed by atoms with Crippen molar-refractivity contribution in [3.63, 3.8) is 0 Å². The maximum atomic E-state index is 12.0. The highest BCUT2D eigenvalue weighted by atomic mass is 35.5. The molecule has 0 N–H and O–H groups in total. The number of halogens is 2. The Kier molecular flexibility index (Phi) is 2.68. The van der Waals surface area contributed by atoms with Crippen LogP contribution in [0.1, 0.15) is 15.9 Å². The largest absolute Gasteiger partial charge is 0.467 e. The van der Waals surface area contributed by atoms with Gasteiger partial charge >= 0.3 is 5.97 Å². The molecule has 5 heteroatoms. The zero-order chi connectivity index (χ0) is 11.9. The van der Waals surface area contributed by atoms with Gasteiger partial charge in [-0.3, -0.25) is 4.79 Å². The second-order valence-corrected chi connectivity index (χ2v) is 4.62. The molecule has 1 aliphatic carbocycles. The van der Waals surface area contributed by atoms with Gasteiger partial charge < -0.3 is 4.74 Å². The maximum Gasteiger partial charge on any atom is 0.335 e. The molecule has 84 valence electrons. The number of Topliss-reactive ketones (excluding diaryl/α,β-unsaturated/α-hetero) is 1. The van der Waals surface area contributed by atoms with E-state index in [9.17, 15) is 9.59 Å². The van der Waals surface area contributed by atoms with Crippen LogP contribution in [0.2, 0.25) is 5.02 Å². The molecule has 0 saturated carbocycles. The lowest BCUT2D eigenvalue weighted by Crippen LogP contribution is -2.39. The number of alkyl halides is 1. The number of esters is 1. The third-order valence-corrected chi connectivity index (χ3v) is 3.47. The van der Waals surface area contributed by atoms with Crippen LogP contribution < -0.4 is 0 Å². The number of rotatable bonds is 1. The lowest BCUT2D eigenvalue weighted by molar-refractivity contribution is -0.142. The van der Waals surface area contributed by atoms with Gasteiger partial charge in [0.05, 0.1) is 7.11 Å². The molecule has 2 rings (SSSR count). The first-order valence-corrected chi connectivity index (χ1v) is 5.36. The van der Waals surface area contributed by atoms with Crippen LogP contribution >= 0.6 is 23.2 Å². The van der Waals surface area contributed by atoms with Gasteiger partial charge in [-0.2, -0.15) is 0 Å². The first-order valence-electron chi connectivity index (χ1n) is 4.60. The van der Waals surface area contributed by atoms with Crippen molar-refractivity contribution in [2.45, 2.75) is 11.3 Å². The molecule has 0 aromatic heterocycles. The van der Waals surface area contributed by atoms with Gasteiger partial charge in [0, 0.05) is 17.0 Å². The van der Waals surface area contributed by atoms with E-state index < -0.39 is 16.6 Å². The van der Waals surface area contributed by atoms with Crippen LogP contribution in [0.4, 0.5) is 0 Å². The second-order valence-electron chi connectivity index (χ2n) is 3.56. The minimum Gasteiger partial charge on any atom is -0.467 e.